The van der Waals surface area contributed by atoms with Crippen LogP contribution in [0.4, 0.5) is 0 Å². The van der Waals surface area contributed by atoms with E-state index in [1.54, 1.807) is 0 Å². The van der Waals surface area contributed by atoms with Gasteiger partial charge in [-0.25, -0.2) is 0 Å². The van der Waals surface area contributed by atoms with E-state index in [1.807, 2.05) is 54.6 Å². The minimum atomic E-state index is -0.427. The monoisotopic (exact) mass is 356 g/mol. The summed E-state index contributed by atoms with van der Waals surface area (Å²) >= 11 is 0. The zero-order valence-electron chi connectivity index (χ0n) is 15.5. The number of hydrogen-bond acceptors (Lipinski definition) is 3. The molecule has 3 N–H and O–H groups in total. The van der Waals surface area contributed by atoms with Crippen LogP contribution >= 0.6 is 0 Å². The smallest absolute Gasteiger partial charge is 0.119 e. The largest absolute Gasteiger partial charge is 0.489 e. The molecule has 0 aliphatic carbocycles. The molecule has 0 bridgehead atoms. The fourth-order valence-electron chi connectivity index (χ4n) is 2.77. The lowest BCUT2D eigenvalue weighted by molar-refractivity contribution is 0.306. The molecular formula is C24H24N2O. The van der Waals surface area contributed by atoms with Crippen LogP contribution in [0.1, 0.15) is 28.3 Å². The summed E-state index contributed by atoms with van der Waals surface area (Å²) in [5.41, 5.74) is 11.4. The van der Waals surface area contributed by atoms with Gasteiger partial charge >= 0.3 is 0 Å². The second-order valence-corrected chi connectivity index (χ2v) is 6.59. The van der Waals surface area contributed by atoms with E-state index < -0.39 is 6.04 Å². The molecule has 27 heavy (non-hydrogen) atoms. The molecule has 0 saturated carbocycles. The first-order valence-corrected chi connectivity index (χ1v) is 8.91. The van der Waals surface area contributed by atoms with Crippen molar-refractivity contribution in [3.63, 3.8) is 0 Å². The number of rotatable bonds is 7. The molecule has 0 spiro atoms. The molecule has 0 aliphatic heterocycles. The molecule has 3 heteroatoms. The van der Waals surface area contributed by atoms with Crippen LogP contribution in [0, 0.1) is 12.3 Å². The lowest BCUT2D eigenvalue weighted by atomic mass is 9.93. The van der Waals surface area contributed by atoms with Gasteiger partial charge in [-0.15, -0.1) is 0 Å². The van der Waals surface area contributed by atoms with Gasteiger partial charge in [-0.05, 0) is 41.3 Å². The molecule has 3 aromatic carbocycles. The molecule has 3 aromatic rings. The van der Waals surface area contributed by atoms with Crippen molar-refractivity contribution < 1.29 is 4.74 Å². The third kappa shape index (κ3) is 4.72. The highest BCUT2D eigenvalue weighted by Gasteiger charge is 2.15. The van der Waals surface area contributed by atoms with Crippen molar-refractivity contribution in [2.24, 2.45) is 5.73 Å². The molecule has 0 saturated heterocycles. The maximum absolute atomic E-state index is 8.33. The third-order valence-corrected chi connectivity index (χ3v) is 4.52. The van der Waals surface area contributed by atoms with E-state index in [1.165, 1.54) is 5.56 Å². The van der Waals surface area contributed by atoms with E-state index in [0.717, 1.165) is 22.4 Å². The van der Waals surface area contributed by atoms with E-state index in [2.05, 4.69) is 37.8 Å². The van der Waals surface area contributed by atoms with Crippen LogP contribution in [0.2, 0.25) is 0 Å². The predicted octanol–water partition coefficient (Wildman–Crippen LogP) is 5.20. The van der Waals surface area contributed by atoms with E-state index in [-0.39, 0.29) is 0 Å². The predicted molar refractivity (Wildman–Crippen MR) is 111 cm³/mol. The van der Waals surface area contributed by atoms with Gasteiger partial charge < -0.3 is 10.5 Å². The normalized spacial score (nSPS) is 11.6. The second-order valence-electron chi connectivity index (χ2n) is 6.59. The average molecular weight is 356 g/mol. The Morgan fingerprint density at radius 3 is 2.22 bits per heavy atom. The maximum atomic E-state index is 8.33. The number of aryl methyl sites for hydroxylation is 1. The Kier molecular flexibility index (Phi) is 5.84. The van der Waals surface area contributed by atoms with Crippen LogP contribution in [0.15, 0.2) is 91.0 Å². The van der Waals surface area contributed by atoms with Gasteiger partial charge in [-0.1, -0.05) is 78.9 Å². The van der Waals surface area contributed by atoms with E-state index in [0.29, 0.717) is 17.9 Å². The molecule has 3 rings (SSSR count). The Balaban J connectivity index is 1.63. The standard InChI is InChI=1S/C24H24N2O/c1-17-8-10-19(11-9-17)16-27-22-14-12-21(13-15-22)24(26)18(2)23(25)20-6-4-3-5-7-20/h3-15,24-25H,2,16,26H2,1H3. The van der Waals surface area contributed by atoms with Crippen LogP contribution in [0.5, 0.6) is 5.75 Å². The van der Waals surface area contributed by atoms with Gasteiger partial charge in [-0.3, -0.25) is 5.41 Å². The molecule has 0 fully saturated rings. The number of hydrogen-bond donors (Lipinski definition) is 2. The third-order valence-electron chi connectivity index (χ3n) is 4.52. The molecule has 1 atom stereocenters. The number of nitrogens with one attached hydrogen (secondary N) is 1. The van der Waals surface area contributed by atoms with Gasteiger partial charge in [0.2, 0.25) is 0 Å². The van der Waals surface area contributed by atoms with Crippen LogP contribution in [0.25, 0.3) is 0 Å². The molecule has 0 amide bonds. The van der Waals surface area contributed by atoms with Crippen molar-refractivity contribution in [2.45, 2.75) is 19.6 Å². The van der Waals surface area contributed by atoms with E-state index in [4.69, 9.17) is 15.9 Å². The summed E-state index contributed by atoms with van der Waals surface area (Å²) in [4.78, 5) is 0. The number of nitrogens with two attached hydrogens (primary N) is 1. The summed E-state index contributed by atoms with van der Waals surface area (Å²) in [6, 6.07) is 25.1. The van der Waals surface area contributed by atoms with Gasteiger partial charge in [0.05, 0.1) is 11.8 Å². The Morgan fingerprint density at radius 1 is 0.963 bits per heavy atom. The van der Waals surface area contributed by atoms with E-state index >= 15 is 0 Å². The molecule has 0 aliphatic rings. The van der Waals surface area contributed by atoms with Gasteiger partial charge in [0.25, 0.3) is 0 Å². The highest BCUT2D eigenvalue weighted by atomic mass is 16.5. The van der Waals surface area contributed by atoms with Crippen LogP contribution in [-0.4, -0.2) is 5.71 Å². The Bertz CT molecular complexity index is 913. The van der Waals surface area contributed by atoms with Crippen molar-refractivity contribution in [1.29, 1.82) is 5.41 Å². The molecule has 0 aromatic heterocycles. The molecule has 0 radical (unpaired) electrons. The number of ether oxygens (including phenoxy) is 1. The molecule has 0 heterocycles. The topological polar surface area (TPSA) is 59.1 Å². The van der Waals surface area contributed by atoms with Crippen molar-refractivity contribution >= 4 is 5.71 Å². The van der Waals surface area contributed by atoms with Crippen molar-refractivity contribution in [1.82, 2.24) is 0 Å². The quantitative estimate of drug-likeness (QED) is 0.572. The van der Waals surface area contributed by atoms with Gasteiger partial charge in [0.15, 0.2) is 0 Å². The van der Waals surface area contributed by atoms with Crippen LogP contribution < -0.4 is 10.5 Å². The van der Waals surface area contributed by atoms with Crippen molar-refractivity contribution in [3.8, 4) is 5.75 Å². The minimum Gasteiger partial charge on any atom is -0.489 e. The first-order chi connectivity index (χ1) is 13.0. The molecule has 3 nitrogen and oxygen atoms in total. The highest BCUT2D eigenvalue weighted by molar-refractivity contribution is 6.10. The molecular weight excluding hydrogens is 332 g/mol. The lowest BCUT2D eigenvalue weighted by Crippen LogP contribution is -2.18. The fourth-order valence-corrected chi connectivity index (χ4v) is 2.77. The van der Waals surface area contributed by atoms with E-state index in [9.17, 15) is 0 Å². The van der Waals surface area contributed by atoms with Gasteiger partial charge in [-0.2, -0.15) is 0 Å². The SMILES string of the molecule is C=C(C(=N)c1ccccc1)C(N)c1ccc(OCc2ccc(C)cc2)cc1. The summed E-state index contributed by atoms with van der Waals surface area (Å²) in [6.45, 7) is 6.62. The highest BCUT2D eigenvalue weighted by Crippen LogP contribution is 2.24. The lowest BCUT2D eigenvalue weighted by Gasteiger charge is -2.17. The summed E-state index contributed by atoms with van der Waals surface area (Å²) in [6.07, 6.45) is 0. The van der Waals surface area contributed by atoms with Gasteiger partial charge in [0.1, 0.15) is 12.4 Å². The summed E-state index contributed by atoms with van der Waals surface area (Å²) in [5, 5.41) is 8.33. The van der Waals surface area contributed by atoms with Crippen molar-refractivity contribution in [2.75, 3.05) is 0 Å². The average Bonchev–Trinajstić information content (AvgIpc) is 2.73. The fraction of sp³-hybridized carbons (Fsp3) is 0.125. The first-order valence-electron chi connectivity index (χ1n) is 8.91. The summed E-state index contributed by atoms with van der Waals surface area (Å²) < 4.78 is 5.84. The minimum absolute atomic E-state index is 0.364. The Morgan fingerprint density at radius 2 is 1.59 bits per heavy atom. The number of benzene rings is 3. The van der Waals surface area contributed by atoms with Gasteiger partial charge in [0, 0.05) is 0 Å². The zero-order valence-corrected chi connectivity index (χ0v) is 15.5. The maximum Gasteiger partial charge on any atom is 0.119 e. The second kappa shape index (κ2) is 8.47. The summed E-state index contributed by atoms with van der Waals surface area (Å²) in [7, 11) is 0. The first kappa shape index (κ1) is 18.6. The summed E-state index contributed by atoms with van der Waals surface area (Å²) in [5.74, 6) is 0.787. The van der Waals surface area contributed by atoms with Crippen LogP contribution in [0.3, 0.4) is 0 Å². The molecule has 1 unspecified atom stereocenters. The van der Waals surface area contributed by atoms with Crippen LogP contribution in [-0.2, 0) is 6.61 Å². The Hall–Kier alpha value is -3.17. The molecule has 136 valence electrons. The van der Waals surface area contributed by atoms with Crippen molar-refractivity contribution in [3.05, 3.63) is 113 Å². The zero-order chi connectivity index (χ0) is 19.2. The Labute approximate surface area is 160 Å².